The molecule has 4 aliphatic rings. The van der Waals surface area contributed by atoms with Crippen molar-refractivity contribution in [3.05, 3.63) is 11.6 Å². The van der Waals surface area contributed by atoms with E-state index in [9.17, 15) is 9.59 Å². The van der Waals surface area contributed by atoms with E-state index in [0.29, 0.717) is 24.0 Å². The molecule has 240 valence electrons. The Bertz CT molecular complexity index is 970. The van der Waals surface area contributed by atoms with Gasteiger partial charge in [0.1, 0.15) is 5.60 Å². The van der Waals surface area contributed by atoms with E-state index in [1.807, 2.05) is 0 Å². The Morgan fingerprint density at radius 3 is 2.48 bits per heavy atom. The van der Waals surface area contributed by atoms with Crippen molar-refractivity contribution in [2.45, 2.75) is 138 Å². The molecule has 0 saturated heterocycles. The number of amides is 2. The van der Waals surface area contributed by atoms with Crippen molar-refractivity contribution in [1.29, 1.82) is 0 Å². The smallest absolute Gasteiger partial charge is 0.408 e. The number of carbonyl (C=O) groups is 2. The predicted octanol–water partition coefficient (Wildman–Crippen LogP) is 8.05. The Morgan fingerprint density at radius 1 is 1.00 bits per heavy atom. The molecule has 4 aliphatic carbocycles. The van der Waals surface area contributed by atoms with Gasteiger partial charge in [-0.1, -0.05) is 65.5 Å². The molecule has 0 aromatic heterocycles. The first-order valence-electron chi connectivity index (χ1n) is 17.3. The van der Waals surface area contributed by atoms with Crippen LogP contribution in [0, 0.1) is 46.3 Å². The fraction of sp³-hybridized carbons (Fsp3) is 0.889. The Labute approximate surface area is 256 Å². The summed E-state index contributed by atoms with van der Waals surface area (Å²) in [7, 11) is 0. The first kappa shape index (κ1) is 33.3. The number of alkyl carbamates (subject to hydrolysis) is 1. The minimum Gasteiger partial charge on any atom is -0.444 e. The third-order valence-corrected chi connectivity index (χ3v) is 11.8. The van der Waals surface area contributed by atoms with Gasteiger partial charge in [0.2, 0.25) is 5.91 Å². The van der Waals surface area contributed by atoms with Gasteiger partial charge in [0, 0.05) is 6.54 Å². The maximum absolute atomic E-state index is 12.1. The Morgan fingerprint density at radius 2 is 1.76 bits per heavy atom. The van der Waals surface area contributed by atoms with Crippen LogP contribution in [0.1, 0.15) is 126 Å². The van der Waals surface area contributed by atoms with E-state index in [2.05, 4.69) is 51.3 Å². The van der Waals surface area contributed by atoms with Crippen molar-refractivity contribution >= 4 is 12.0 Å². The van der Waals surface area contributed by atoms with Gasteiger partial charge in [-0.3, -0.25) is 4.79 Å². The fourth-order valence-corrected chi connectivity index (χ4v) is 9.74. The van der Waals surface area contributed by atoms with Gasteiger partial charge in [-0.2, -0.15) is 0 Å². The topological polar surface area (TPSA) is 76.7 Å². The van der Waals surface area contributed by atoms with Crippen LogP contribution in [0.2, 0.25) is 0 Å². The highest BCUT2D eigenvalue weighted by atomic mass is 16.6. The van der Waals surface area contributed by atoms with Crippen LogP contribution in [0.3, 0.4) is 0 Å². The lowest BCUT2D eigenvalue weighted by molar-refractivity contribution is -0.120. The SMILES string of the molecule is CC(C)CCCC(C)C1CCC2C3CC=C4CC(OCCNC(=O)CNC(=O)OC(C)(C)C)CCC4(C)C3CCC12C. The van der Waals surface area contributed by atoms with Gasteiger partial charge in [-0.25, -0.2) is 4.79 Å². The monoisotopic (exact) mass is 586 g/mol. The molecule has 0 aromatic rings. The zero-order valence-electron chi connectivity index (χ0n) is 28.2. The summed E-state index contributed by atoms with van der Waals surface area (Å²) in [6.45, 7) is 18.8. The van der Waals surface area contributed by atoms with E-state index in [0.717, 1.165) is 48.3 Å². The fourth-order valence-electron chi connectivity index (χ4n) is 9.74. The van der Waals surface area contributed by atoms with Crippen LogP contribution in [0.15, 0.2) is 11.6 Å². The summed E-state index contributed by atoms with van der Waals surface area (Å²) < 4.78 is 11.4. The summed E-state index contributed by atoms with van der Waals surface area (Å²) in [6.07, 6.45) is 16.8. The van der Waals surface area contributed by atoms with E-state index in [1.54, 1.807) is 26.3 Å². The predicted molar refractivity (Wildman–Crippen MR) is 170 cm³/mol. The average molecular weight is 587 g/mol. The summed E-state index contributed by atoms with van der Waals surface area (Å²) in [4.78, 5) is 23.9. The van der Waals surface area contributed by atoms with Gasteiger partial charge in [0.15, 0.2) is 0 Å². The van der Waals surface area contributed by atoms with Crippen molar-refractivity contribution in [2.75, 3.05) is 19.7 Å². The number of hydrogen-bond acceptors (Lipinski definition) is 4. The lowest BCUT2D eigenvalue weighted by Gasteiger charge is -2.58. The molecule has 0 bridgehead atoms. The normalized spacial score (nSPS) is 35.0. The number of carbonyl (C=O) groups excluding carboxylic acids is 2. The average Bonchev–Trinajstić information content (AvgIpc) is 3.26. The summed E-state index contributed by atoms with van der Waals surface area (Å²) in [5, 5.41) is 5.35. The molecule has 2 amide bonds. The molecular weight excluding hydrogens is 524 g/mol. The third-order valence-electron chi connectivity index (χ3n) is 11.8. The van der Waals surface area contributed by atoms with E-state index in [1.165, 1.54) is 57.8 Å². The lowest BCUT2D eigenvalue weighted by atomic mass is 9.47. The van der Waals surface area contributed by atoms with Crippen molar-refractivity contribution in [1.82, 2.24) is 10.6 Å². The molecule has 42 heavy (non-hydrogen) atoms. The standard InChI is InChI=1S/C36H62N2O4/c1-24(2)10-9-11-25(3)29-14-15-30-28-13-12-26-22-27(16-18-35(26,7)31(28)17-19-36(29,30)8)41-21-20-37-32(39)23-38-33(40)42-34(4,5)6/h12,24-25,27-31H,9-11,13-23H2,1-8H3,(H,37,39)(H,38,40). The molecular formula is C36H62N2O4. The number of nitrogens with one attached hydrogen (secondary N) is 2. The molecule has 2 N–H and O–H groups in total. The van der Waals surface area contributed by atoms with Crippen LogP contribution in [0.25, 0.3) is 0 Å². The highest BCUT2D eigenvalue weighted by molar-refractivity contribution is 5.82. The zero-order valence-corrected chi connectivity index (χ0v) is 28.2. The second-order valence-electron chi connectivity index (χ2n) is 16.2. The maximum Gasteiger partial charge on any atom is 0.408 e. The molecule has 8 unspecified atom stereocenters. The Hall–Kier alpha value is -1.56. The molecule has 0 aliphatic heterocycles. The molecule has 0 heterocycles. The first-order chi connectivity index (χ1) is 19.7. The van der Waals surface area contributed by atoms with Crippen LogP contribution in [-0.4, -0.2) is 43.4 Å². The van der Waals surface area contributed by atoms with Crippen molar-refractivity contribution < 1.29 is 19.1 Å². The Kier molecular flexibility index (Phi) is 10.8. The van der Waals surface area contributed by atoms with Gasteiger partial charge < -0.3 is 20.1 Å². The number of hydrogen-bond donors (Lipinski definition) is 2. The minimum atomic E-state index is -0.582. The van der Waals surface area contributed by atoms with E-state index in [-0.39, 0.29) is 18.6 Å². The van der Waals surface area contributed by atoms with Crippen LogP contribution in [0.4, 0.5) is 4.79 Å². The lowest BCUT2D eigenvalue weighted by Crippen LogP contribution is -2.51. The van der Waals surface area contributed by atoms with E-state index < -0.39 is 11.7 Å². The summed E-state index contributed by atoms with van der Waals surface area (Å²) in [6, 6.07) is 0. The van der Waals surface area contributed by atoms with Crippen molar-refractivity contribution in [2.24, 2.45) is 46.3 Å². The summed E-state index contributed by atoms with van der Waals surface area (Å²) in [5.41, 5.74) is 1.92. The molecule has 6 nitrogen and oxygen atoms in total. The molecule has 4 rings (SSSR count). The van der Waals surface area contributed by atoms with Crippen LogP contribution < -0.4 is 10.6 Å². The molecule has 3 saturated carbocycles. The van der Waals surface area contributed by atoms with Gasteiger partial charge >= 0.3 is 6.09 Å². The number of allylic oxidation sites excluding steroid dienone is 1. The molecule has 0 spiro atoms. The minimum absolute atomic E-state index is 0.0933. The summed E-state index contributed by atoms with van der Waals surface area (Å²) >= 11 is 0. The highest BCUT2D eigenvalue weighted by Crippen LogP contribution is 2.67. The summed E-state index contributed by atoms with van der Waals surface area (Å²) in [5.74, 6) is 4.93. The van der Waals surface area contributed by atoms with Crippen LogP contribution in [0.5, 0.6) is 0 Å². The van der Waals surface area contributed by atoms with Gasteiger partial charge in [-0.15, -0.1) is 0 Å². The molecule has 6 heteroatoms. The van der Waals surface area contributed by atoms with Gasteiger partial charge in [-0.05, 0) is 118 Å². The van der Waals surface area contributed by atoms with Gasteiger partial charge in [0.25, 0.3) is 0 Å². The van der Waals surface area contributed by atoms with Crippen LogP contribution >= 0.6 is 0 Å². The molecule has 3 fully saturated rings. The van der Waals surface area contributed by atoms with Gasteiger partial charge in [0.05, 0.1) is 19.3 Å². The molecule has 0 radical (unpaired) electrons. The second-order valence-corrected chi connectivity index (χ2v) is 16.2. The second kappa shape index (κ2) is 13.6. The first-order valence-corrected chi connectivity index (χ1v) is 17.3. The number of ether oxygens (including phenoxy) is 2. The third kappa shape index (κ3) is 7.74. The van der Waals surface area contributed by atoms with E-state index >= 15 is 0 Å². The number of rotatable bonds is 11. The molecule has 8 atom stereocenters. The maximum atomic E-state index is 12.1. The Balaban J connectivity index is 1.24. The molecule has 0 aromatic carbocycles. The van der Waals surface area contributed by atoms with Crippen molar-refractivity contribution in [3.8, 4) is 0 Å². The number of fused-ring (bicyclic) bond motifs is 5. The zero-order chi connectivity index (χ0) is 30.7. The van der Waals surface area contributed by atoms with Crippen molar-refractivity contribution in [3.63, 3.8) is 0 Å². The van der Waals surface area contributed by atoms with Crippen LogP contribution in [-0.2, 0) is 14.3 Å². The highest BCUT2D eigenvalue weighted by Gasteiger charge is 2.59. The largest absolute Gasteiger partial charge is 0.444 e. The quantitative estimate of drug-likeness (QED) is 0.190. The van der Waals surface area contributed by atoms with E-state index in [4.69, 9.17) is 9.47 Å².